The van der Waals surface area contributed by atoms with Crippen LogP contribution in [0.3, 0.4) is 0 Å². The summed E-state index contributed by atoms with van der Waals surface area (Å²) in [4.78, 5) is 10.3. The zero-order valence-corrected chi connectivity index (χ0v) is 6.09. The van der Waals surface area contributed by atoms with Crippen molar-refractivity contribution in [3.05, 3.63) is 0 Å². The third-order valence-electron chi connectivity index (χ3n) is 0.516. The van der Waals surface area contributed by atoms with Crippen molar-refractivity contribution in [1.82, 2.24) is 10.8 Å². The topological polar surface area (TPSA) is 61.4 Å². The number of rotatable bonds is 3. The van der Waals surface area contributed by atoms with Gasteiger partial charge in [-0.15, -0.1) is 0 Å². The Labute approximate surface area is 55.4 Å². The normalized spacial score (nSPS) is 8.75. The van der Waals surface area contributed by atoms with E-state index in [9.17, 15) is 4.79 Å². The van der Waals surface area contributed by atoms with E-state index in [1.54, 1.807) is 5.48 Å². The number of nitrogens with one attached hydrogen (secondary N) is 2. The fourth-order valence-electron chi connectivity index (χ4n) is 0.222. The molecule has 0 unspecified atom stereocenters. The van der Waals surface area contributed by atoms with Crippen molar-refractivity contribution in [2.24, 2.45) is 0 Å². The van der Waals surface area contributed by atoms with Crippen LogP contribution in [-0.4, -0.2) is 39.1 Å². The van der Waals surface area contributed by atoms with E-state index in [4.69, 9.17) is 5.21 Å². The standard InChI is InChI=1S/C3H8N2O2Se/c6-3(1-5-7)4-2-8/h5,7-8H,1-2H2,(H,4,6). The summed E-state index contributed by atoms with van der Waals surface area (Å²) in [5.41, 5.74) is 2.27. The first kappa shape index (κ1) is 7.91. The summed E-state index contributed by atoms with van der Waals surface area (Å²) >= 11 is 2.20. The van der Waals surface area contributed by atoms with Crippen LogP contribution in [0.5, 0.6) is 0 Å². The number of carbonyl (C=O) groups excluding carboxylic acids is 1. The molecule has 5 heteroatoms. The minimum absolute atomic E-state index is 0.0439. The Hall–Kier alpha value is -0.0905. The van der Waals surface area contributed by atoms with Gasteiger partial charge in [0.1, 0.15) is 0 Å². The van der Waals surface area contributed by atoms with Gasteiger partial charge < -0.3 is 0 Å². The van der Waals surface area contributed by atoms with Crippen LogP contribution in [0.25, 0.3) is 0 Å². The average Bonchev–Trinajstić information content (AvgIpc) is 1.68. The molecule has 0 atom stereocenters. The summed E-state index contributed by atoms with van der Waals surface area (Å²) in [5.74, 6) is -0.215. The van der Waals surface area contributed by atoms with Crippen molar-refractivity contribution in [2.75, 3.05) is 12.0 Å². The Morgan fingerprint density at radius 3 is 2.75 bits per heavy atom. The molecule has 0 aliphatic carbocycles. The maximum atomic E-state index is 10.3. The Balaban J connectivity index is 3.06. The molecule has 3 N–H and O–H groups in total. The monoisotopic (exact) mass is 184 g/mol. The van der Waals surface area contributed by atoms with Crippen molar-refractivity contribution < 1.29 is 10.0 Å². The van der Waals surface area contributed by atoms with Gasteiger partial charge in [-0.25, -0.2) is 0 Å². The summed E-state index contributed by atoms with van der Waals surface area (Å²) in [7, 11) is 0. The van der Waals surface area contributed by atoms with E-state index in [0.29, 0.717) is 5.44 Å². The number of hydroxylamine groups is 1. The van der Waals surface area contributed by atoms with Crippen molar-refractivity contribution in [2.45, 2.75) is 0 Å². The van der Waals surface area contributed by atoms with Gasteiger partial charge in [0.15, 0.2) is 0 Å². The van der Waals surface area contributed by atoms with Crippen LogP contribution >= 0.6 is 0 Å². The van der Waals surface area contributed by atoms with E-state index >= 15 is 0 Å². The van der Waals surface area contributed by atoms with Gasteiger partial charge in [0.05, 0.1) is 0 Å². The van der Waals surface area contributed by atoms with Crippen molar-refractivity contribution in [3.8, 4) is 0 Å². The number of hydrogen-bond acceptors (Lipinski definition) is 3. The fraction of sp³-hybridized carbons (Fsp3) is 0.667. The fourth-order valence-corrected chi connectivity index (χ4v) is 0.592. The molecule has 0 aromatic heterocycles. The predicted molar refractivity (Wildman–Crippen MR) is 29.9 cm³/mol. The molecule has 0 saturated carbocycles. The Morgan fingerprint density at radius 2 is 2.38 bits per heavy atom. The van der Waals surface area contributed by atoms with Gasteiger partial charge >= 0.3 is 54.7 Å². The van der Waals surface area contributed by atoms with Crippen LogP contribution < -0.4 is 10.8 Å². The second-order valence-corrected chi connectivity index (χ2v) is 1.76. The molecule has 0 aromatic carbocycles. The molecule has 0 saturated heterocycles. The SMILES string of the molecule is O=C(CNO)NC[SeH]. The molecular weight excluding hydrogens is 175 g/mol. The van der Waals surface area contributed by atoms with Crippen LogP contribution in [0.2, 0.25) is 0 Å². The van der Waals surface area contributed by atoms with E-state index in [1.165, 1.54) is 0 Å². The third kappa shape index (κ3) is 4.08. The van der Waals surface area contributed by atoms with E-state index in [0.717, 1.165) is 0 Å². The number of carbonyl (C=O) groups is 1. The first-order chi connectivity index (χ1) is 3.81. The zero-order chi connectivity index (χ0) is 6.41. The first-order valence-corrected chi connectivity index (χ1v) is 3.38. The second kappa shape index (κ2) is 5.05. The van der Waals surface area contributed by atoms with Gasteiger partial charge in [0.2, 0.25) is 0 Å². The molecule has 0 aromatic rings. The summed E-state index contributed by atoms with van der Waals surface area (Å²) < 4.78 is 0. The van der Waals surface area contributed by atoms with Crippen molar-refractivity contribution in [1.29, 1.82) is 0 Å². The molecule has 0 fully saturated rings. The van der Waals surface area contributed by atoms with Crippen LogP contribution in [0, 0.1) is 0 Å². The Kier molecular flexibility index (Phi) is 5.00. The molecule has 0 bridgehead atoms. The molecule has 8 heavy (non-hydrogen) atoms. The van der Waals surface area contributed by atoms with Gasteiger partial charge in [0, 0.05) is 0 Å². The van der Waals surface area contributed by atoms with Crippen LogP contribution in [-0.2, 0) is 4.79 Å². The third-order valence-corrected chi connectivity index (χ3v) is 0.848. The molecule has 48 valence electrons. The molecule has 0 heterocycles. The summed E-state index contributed by atoms with van der Waals surface area (Å²) in [6.07, 6.45) is 0. The van der Waals surface area contributed by atoms with E-state index in [2.05, 4.69) is 21.3 Å². The van der Waals surface area contributed by atoms with E-state index in [-0.39, 0.29) is 12.5 Å². The van der Waals surface area contributed by atoms with Crippen LogP contribution in [0.4, 0.5) is 0 Å². The Bertz CT molecular complexity index is 69.7. The molecule has 1 amide bonds. The zero-order valence-electron chi connectivity index (χ0n) is 4.22. The maximum absolute atomic E-state index is 10.3. The average molecular weight is 183 g/mol. The molecule has 0 aliphatic heterocycles. The summed E-state index contributed by atoms with van der Waals surface area (Å²) in [6.45, 7) is -0.0439. The van der Waals surface area contributed by atoms with Crippen LogP contribution in [0.1, 0.15) is 0 Å². The van der Waals surface area contributed by atoms with Crippen LogP contribution in [0.15, 0.2) is 0 Å². The molecule has 0 radical (unpaired) electrons. The van der Waals surface area contributed by atoms with Gasteiger partial charge in [-0.2, -0.15) is 0 Å². The number of hydrogen-bond donors (Lipinski definition) is 3. The van der Waals surface area contributed by atoms with Gasteiger partial charge in [-0.3, -0.25) is 0 Å². The first-order valence-electron chi connectivity index (χ1n) is 2.05. The summed E-state index contributed by atoms with van der Waals surface area (Å²) in [6, 6.07) is 0. The van der Waals surface area contributed by atoms with Crippen molar-refractivity contribution >= 4 is 21.9 Å². The number of amides is 1. The predicted octanol–water partition coefficient (Wildman–Crippen LogP) is -2.06. The molecular formula is C3H8N2O2Se. The molecule has 0 aliphatic rings. The van der Waals surface area contributed by atoms with Gasteiger partial charge in [-0.05, 0) is 0 Å². The van der Waals surface area contributed by atoms with Gasteiger partial charge in [0.25, 0.3) is 0 Å². The van der Waals surface area contributed by atoms with E-state index in [1.807, 2.05) is 0 Å². The second-order valence-electron chi connectivity index (χ2n) is 1.09. The van der Waals surface area contributed by atoms with E-state index < -0.39 is 0 Å². The molecule has 0 spiro atoms. The Morgan fingerprint density at radius 1 is 1.75 bits per heavy atom. The quantitative estimate of drug-likeness (QED) is 0.348. The molecule has 4 nitrogen and oxygen atoms in total. The summed E-state index contributed by atoms with van der Waals surface area (Å²) in [5, 5.41) is 10.4. The van der Waals surface area contributed by atoms with Gasteiger partial charge in [-0.1, -0.05) is 0 Å². The van der Waals surface area contributed by atoms with Crippen molar-refractivity contribution in [3.63, 3.8) is 0 Å². The minimum atomic E-state index is -0.215. The molecule has 0 rings (SSSR count).